The van der Waals surface area contributed by atoms with Crippen molar-refractivity contribution < 1.29 is 24.1 Å². The first-order valence-corrected chi connectivity index (χ1v) is 14.0. The second-order valence-electron chi connectivity index (χ2n) is 8.76. The Morgan fingerprint density at radius 1 is 1.15 bits per heavy atom. The van der Waals surface area contributed by atoms with E-state index < -0.39 is 12.0 Å². The van der Waals surface area contributed by atoms with Crippen LogP contribution in [0, 0.1) is 3.57 Å². The topological polar surface area (TPSA) is 99.4 Å². The number of thiazole rings is 1. The molecule has 4 aromatic rings. The van der Waals surface area contributed by atoms with Crippen molar-refractivity contribution in [1.82, 2.24) is 4.57 Å². The van der Waals surface area contributed by atoms with Crippen molar-refractivity contribution in [2.75, 3.05) is 20.8 Å². The predicted molar refractivity (Wildman–Crippen MR) is 158 cm³/mol. The fourth-order valence-corrected chi connectivity index (χ4v) is 6.46. The Morgan fingerprint density at radius 2 is 1.90 bits per heavy atom. The quantitative estimate of drug-likeness (QED) is 0.246. The maximum atomic E-state index is 14.1. The molecule has 0 saturated heterocycles. The number of nitrogens with zero attached hydrogens (tertiary/aromatic N) is 2. The highest BCUT2D eigenvalue weighted by molar-refractivity contribution is 14.1. The van der Waals surface area contributed by atoms with Gasteiger partial charge in [-0.05, 0) is 77.0 Å². The van der Waals surface area contributed by atoms with Gasteiger partial charge in [-0.2, -0.15) is 0 Å². The minimum Gasteiger partial charge on any atom is -0.504 e. The number of benzene rings is 3. The summed E-state index contributed by atoms with van der Waals surface area (Å²) in [6.45, 7) is 3.67. The van der Waals surface area contributed by atoms with Crippen LogP contribution in [0.5, 0.6) is 17.2 Å². The molecule has 10 heteroatoms. The molecular weight excluding hydrogens is 631 g/mol. The highest BCUT2D eigenvalue weighted by atomic mass is 127. The number of carbonyl (C=O) groups excluding carboxylic acids is 1. The van der Waals surface area contributed by atoms with Crippen LogP contribution in [0.15, 0.2) is 69.6 Å². The number of methoxy groups -OCH3 is 2. The zero-order chi connectivity index (χ0) is 27.8. The summed E-state index contributed by atoms with van der Waals surface area (Å²) in [5.74, 6) is 0.350. The summed E-state index contributed by atoms with van der Waals surface area (Å²) in [5, 5.41) is 12.0. The van der Waals surface area contributed by atoms with Crippen molar-refractivity contribution in [1.29, 1.82) is 0 Å². The van der Waals surface area contributed by atoms with Gasteiger partial charge in [0.15, 0.2) is 16.3 Å². The third-order valence-corrected chi connectivity index (χ3v) is 8.31. The van der Waals surface area contributed by atoms with Crippen LogP contribution in [0.4, 0.5) is 0 Å². The summed E-state index contributed by atoms with van der Waals surface area (Å²) in [7, 11) is 3.04. The molecule has 5 rings (SSSR count). The molecular formula is C29H25IN2O6S. The van der Waals surface area contributed by atoms with E-state index in [2.05, 4.69) is 4.99 Å². The highest BCUT2D eigenvalue weighted by Crippen LogP contribution is 2.40. The first-order chi connectivity index (χ1) is 18.8. The van der Waals surface area contributed by atoms with Gasteiger partial charge in [0.2, 0.25) is 0 Å². The molecule has 0 aliphatic carbocycles. The number of allylic oxidation sites excluding steroid dienone is 1. The number of ether oxygens (including phenoxy) is 3. The van der Waals surface area contributed by atoms with E-state index in [0.29, 0.717) is 41.2 Å². The molecule has 0 radical (unpaired) electrons. The maximum Gasteiger partial charge on any atom is 0.338 e. The van der Waals surface area contributed by atoms with Gasteiger partial charge in [0.05, 0.1) is 40.2 Å². The van der Waals surface area contributed by atoms with Crippen LogP contribution in [0.3, 0.4) is 0 Å². The lowest BCUT2D eigenvalue weighted by Gasteiger charge is -2.27. The number of carbonyl (C=O) groups is 1. The Kier molecular flexibility index (Phi) is 7.50. The SMILES string of the molecule is CCOC(=O)C1=C(C)N=c2s/c(=C/c3cc(I)c(O)c(OC)c3)c(=O)n2C1c1c(OC)ccc2ccccc12. The fraction of sp³-hybridized carbons (Fsp3) is 0.207. The second-order valence-corrected chi connectivity index (χ2v) is 10.9. The molecule has 200 valence electrons. The molecule has 0 fully saturated rings. The molecule has 8 nitrogen and oxygen atoms in total. The van der Waals surface area contributed by atoms with Gasteiger partial charge in [-0.25, -0.2) is 9.79 Å². The molecule has 1 unspecified atom stereocenters. The third kappa shape index (κ3) is 4.71. The lowest BCUT2D eigenvalue weighted by molar-refractivity contribution is -0.139. The van der Waals surface area contributed by atoms with E-state index in [1.165, 1.54) is 18.4 Å². The van der Waals surface area contributed by atoms with E-state index in [-0.39, 0.29) is 23.5 Å². The van der Waals surface area contributed by atoms with E-state index in [9.17, 15) is 14.7 Å². The highest BCUT2D eigenvalue weighted by Gasteiger charge is 2.36. The number of hydrogen-bond acceptors (Lipinski definition) is 8. The van der Waals surface area contributed by atoms with Crippen LogP contribution >= 0.6 is 33.9 Å². The van der Waals surface area contributed by atoms with Crippen molar-refractivity contribution in [3.05, 3.63) is 94.2 Å². The Bertz CT molecular complexity index is 1840. The van der Waals surface area contributed by atoms with E-state index in [4.69, 9.17) is 14.2 Å². The summed E-state index contributed by atoms with van der Waals surface area (Å²) in [5.41, 5.74) is 1.81. The Labute approximate surface area is 241 Å². The van der Waals surface area contributed by atoms with Gasteiger partial charge in [-0.15, -0.1) is 0 Å². The maximum absolute atomic E-state index is 14.1. The van der Waals surface area contributed by atoms with Crippen LogP contribution < -0.4 is 24.4 Å². The second kappa shape index (κ2) is 10.9. The van der Waals surface area contributed by atoms with E-state index in [1.54, 1.807) is 43.7 Å². The number of phenolic OH excluding ortho intramolecular Hbond substituents is 1. The number of rotatable bonds is 6. The molecule has 39 heavy (non-hydrogen) atoms. The van der Waals surface area contributed by atoms with Crippen molar-refractivity contribution in [3.63, 3.8) is 0 Å². The Balaban J connectivity index is 1.83. The molecule has 1 atom stereocenters. The largest absolute Gasteiger partial charge is 0.504 e. The van der Waals surface area contributed by atoms with Crippen LogP contribution in [0.25, 0.3) is 16.8 Å². The summed E-state index contributed by atoms with van der Waals surface area (Å²) in [4.78, 5) is 32.5. The van der Waals surface area contributed by atoms with Crippen molar-refractivity contribution >= 4 is 56.7 Å². The summed E-state index contributed by atoms with van der Waals surface area (Å²) in [6.07, 6.45) is 1.73. The number of hydrogen-bond donors (Lipinski definition) is 1. The van der Waals surface area contributed by atoms with Gasteiger partial charge in [0.1, 0.15) is 11.8 Å². The lowest BCUT2D eigenvalue weighted by atomic mass is 9.90. The van der Waals surface area contributed by atoms with Crippen LogP contribution in [-0.4, -0.2) is 36.5 Å². The molecule has 1 aromatic heterocycles. The van der Waals surface area contributed by atoms with Crippen molar-refractivity contribution in [3.8, 4) is 17.2 Å². The molecule has 0 saturated carbocycles. The molecule has 1 N–H and O–H groups in total. The van der Waals surface area contributed by atoms with Gasteiger partial charge >= 0.3 is 5.97 Å². The molecule has 0 amide bonds. The summed E-state index contributed by atoms with van der Waals surface area (Å²) in [6, 6.07) is 14.2. The average Bonchev–Trinajstić information content (AvgIpc) is 3.23. The predicted octanol–water partition coefficient (Wildman–Crippen LogP) is 4.28. The van der Waals surface area contributed by atoms with Gasteiger partial charge in [-0.1, -0.05) is 41.7 Å². The molecule has 0 spiro atoms. The zero-order valence-corrected chi connectivity index (χ0v) is 24.6. The van der Waals surface area contributed by atoms with Crippen molar-refractivity contribution in [2.45, 2.75) is 19.9 Å². The Morgan fingerprint density at radius 3 is 2.62 bits per heavy atom. The molecule has 1 aliphatic heterocycles. The standard InChI is InChI=1S/C29H25IN2O6S/c1-5-38-28(35)23-15(2)31-29-32(25(23)24-18-9-7-6-8-17(18)10-11-20(24)36-3)27(34)22(39-29)14-16-12-19(30)26(33)21(13-16)37-4/h6-14,25,33H,5H2,1-4H3/b22-14+. The first kappa shape index (κ1) is 26.9. The van der Waals surface area contributed by atoms with Crippen LogP contribution in [0.2, 0.25) is 0 Å². The van der Waals surface area contributed by atoms with E-state index in [0.717, 1.165) is 10.8 Å². The van der Waals surface area contributed by atoms with Crippen LogP contribution in [0.1, 0.15) is 31.0 Å². The van der Waals surface area contributed by atoms with E-state index >= 15 is 0 Å². The monoisotopic (exact) mass is 656 g/mol. The van der Waals surface area contributed by atoms with Crippen LogP contribution in [-0.2, 0) is 9.53 Å². The number of phenols is 1. The molecule has 3 aromatic carbocycles. The van der Waals surface area contributed by atoms with Crippen molar-refractivity contribution in [2.24, 2.45) is 4.99 Å². The number of halogens is 1. The average molecular weight is 656 g/mol. The smallest absolute Gasteiger partial charge is 0.338 e. The number of fused-ring (bicyclic) bond motifs is 2. The summed E-state index contributed by atoms with van der Waals surface area (Å²) >= 11 is 3.24. The number of esters is 1. The van der Waals surface area contributed by atoms with Gasteiger partial charge < -0.3 is 19.3 Å². The first-order valence-electron chi connectivity index (χ1n) is 12.1. The lowest BCUT2D eigenvalue weighted by Crippen LogP contribution is -2.40. The van der Waals surface area contributed by atoms with E-state index in [1.807, 2.05) is 59.0 Å². The van der Waals surface area contributed by atoms with Gasteiger partial charge in [0.25, 0.3) is 5.56 Å². The Hall–Kier alpha value is -3.64. The van der Waals surface area contributed by atoms with Gasteiger partial charge in [0, 0.05) is 5.56 Å². The minimum absolute atomic E-state index is 0.0365. The van der Waals surface area contributed by atoms with Gasteiger partial charge in [-0.3, -0.25) is 9.36 Å². The minimum atomic E-state index is -0.821. The third-order valence-electron chi connectivity index (χ3n) is 6.51. The normalized spacial score (nSPS) is 15.2. The number of aromatic nitrogens is 1. The zero-order valence-electron chi connectivity index (χ0n) is 21.6. The summed E-state index contributed by atoms with van der Waals surface area (Å²) < 4.78 is 19.1. The molecule has 1 aliphatic rings. The number of aromatic hydroxyl groups is 1. The molecule has 2 heterocycles. The molecule has 0 bridgehead atoms. The fourth-order valence-electron chi connectivity index (χ4n) is 4.78.